The molecule has 0 radical (unpaired) electrons. The molecule has 5 heteroatoms. The Morgan fingerprint density at radius 3 is 2.78 bits per heavy atom. The molecule has 0 spiro atoms. The van der Waals surface area contributed by atoms with E-state index in [1.54, 1.807) is 6.33 Å². The molecule has 0 bridgehead atoms. The Balaban J connectivity index is 2.57. The molecule has 0 saturated heterocycles. The number of nitrogens with zero attached hydrogens (tertiary/aromatic N) is 5. The zero-order valence-electron chi connectivity index (χ0n) is 11.0. The maximum absolute atomic E-state index is 8.66. The normalized spacial score (nSPS) is 11.1. The molecule has 0 fully saturated rings. The molecule has 0 aliphatic rings. The van der Waals surface area contributed by atoms with Gasteiger partial charge in [-0.25, -0.2) is 15.0 Å². The Morgan fingerprint density at radius 1 is 1.39 bits per heavy atom. The topological polar surface area (TPSA) is 67.4 Å². The van der Waals surface area contributed by atoms with E-state index in [2.05, 4.69) is 41.8 Å². The third kappa shape index (κ3) is 2.19. The van der Waals surface area contributed by atoms with Gasteiger partial charge in [-0.1, -0.05) is 20.8 Å². The summed E-state index contributed by atoms with van der Waals surface area (Å²) in [5.74, 6) is 1.14. The highest BCUT2D eigenvalue weighted by molar-refractivity contribution is 5.73. The lowest BCUT2D eigenvalue weighted by atomic mass is 10.2. The number of aromatic nitrogens is 4. The number of fused-ring (bicyclic) bond motifs is 1. The van der Waals surface area contributed by atoms with Crippen LogP contribution in [0.25, 0.3) is 11.2 Å². The van der Waals surface area contributed by atoms with Gasteiger partial charge in [0.2, 0.25) is 0 Å². The van der Waals surface area contributed by atoms with Gasteiger partial charge in [0.15, 0.2) is 5.65 Å². The standard InChI is InChI=1S/C13H17N5/c1-4-10-11-13(17-12(16-10)9(2)3)18(8-15-11)7-5-6-14/h8-9H,4-5,7H2,1-3H3. The molecule has 2 aromatic rings. The summed E-state index contributed by atoms with van der Waals surface area (Å²) in [5.41, 5.74) is 2.69. The molecule has 2 heterocycles. The molecule has 0 unspecified atom stereocenters. The summed E-state index contributed by atoms with van der Waals surface area (Å²) in [6, 6.07) is 2.14. The SMILES string of the molecule is CCc1nc(C(C)C)nc2c1ncn2CCC#N. The first-order chi connectivity index (χ1) is 8.67. The highest BCUT2D eigenvalue weighted by Crippen LogP contribution is 2.19. The fourth-order valence-corrected chi connectivity index (χ4v) is 1.86. The molecule has 0 aliphatic carbocycles. The summed E-state index contributed by atoms with van der Waals surface area (Å²) >= 11 is 0. The summed E-state index contributed by atoms with van der Waals surface area (Å²) in [7, 11) is 0. The molecular formula is C13H17N5. The smallest absolute Gasteiger partial charge is 0.163 e. The molecule has 5 nitrogen and oxygen atoms in total. The van der Waals surface area contributed by atoms with Crippen molar-refractivity contribution in [3.05, 3.63) is 17.8 Å². The third-order valence-corrected chi connectivity index (χ3v) is 2.87. The van der Waals surface area contributed by atoms with Crippen molar-refractivity contribution in [2.45, 2.75) is 46.1 Å². The molecular weight excluding hydrogens is 226 g/mol. The van der Waals surface area contributed by atoms with Gasteiger partial charge in [-0.3, -0.25) is 0 Å². The monoisotopic (exact) mass is 243 g/mol. The van der Waals surface area contributed by atoms with Gasteiger partial charge in [-0.15, -0.1) is 0 Å². The Morgan fingerprint density at radius 2 is 2.17 bits per heavy atom. The number of hydrogen-bond acceptors (Lipinski definition) is 4. The average Bonchev–Trinajstić information content (AvgIpc) is 2.78. The van der Waals surface area contributed by atoms with E-state index in [0.717, 1.165) is 29.1 Å². The molecule has 0 N–H and O–H groups in total. The fraction of sp³-hybridized carbons (Fsp3) is 0.538. The van der Waals surface area contributed by atoms with Crippen molar-refractivity contribution in [3.8, 4) is 6.07 Å². The van der Waals surface area contributed by atoms with E-state index in [9.17, 15) is 0 Å². The van der Waals surface area contributed by atoms with Crippen LogP contribution in [0.4, 0.5) is 0 Å². The van der Waals surface area contributed by atoms with Crippen molar-refractivity contribution >= 4 is 11.2 Å². The van der Waals surface area contributed by atoms with Gasteiger partial charge in [0.05, 0.1) is 24.5 Å². The molecule has 2 aromatic heterocycles. The minimum absolute atomic E-state index is 0.291. The van der Waals surface area contributed by atoms with E-state index >= 15 is 0 Å². The third-order valence-electron chi connectivity index (χ3n) is 2.87. The summed E-state index contributed by atoms with van der Waals surface area (Å²) in [4.78, 5) is 13.5. The zero-order chi connectivity index (χ0) is 13.1. The van der Waals surface area contributed by atoms with Gasteiger partial charge in [-0.05, 0) is 6.42 Å². The van der Waals surface area contributed by atoms with E-state index in [-0.39, 0.29) is 0 Å². The van der Waals surface area contributed by atoms with Crippen molar-refractivity contribution in [1.82, 2.24) is 19.5 Å². The second-order valence-electron chi connectivity index (χ2n) is 4.56. The van der Waals surface area contributed by atoms with Crippen LogP contribution in [-0.2, 0) is 13.0 Å². The predicted molar refractivity (Wildman–Crippen MR) is 69.0 cm³/mol. The molecule has 0 aromatic carbocycles. The maximum atomic E-state index is 8.66. The quantitative estimate of drug-likeness (QED) is 0.827. The summed E-state index contributed by atoms with van der Waals surface area (Å²) in [6.45, 7) is 6.86. The van der Waals surface area contributed by atoms with E-state index in [1.807, 2.05) is 4.57 Å². The van der Waals surface area contributed by atoms with Crippen LogP contribution < -0.4 is 0 Å². The van der Waals surface area contributed by atoms with Crippen LogP contribution in [0.1, 0.15) is 44.6 Å². The van der Waals surface area contributed by atoms with Gasteiger partial charge in [0.1, 0.15) is 11.3 Å². The van der Waals surface area contributed by atoms with Crippen LogP contribution in [0.3, 0.4) is 0 Å². The number of nitriles is 1. The van der Waals surface area contributed by atoms with Crippen molar-refractivity contribution in [3.63, 3.8) is 0 Å². The second kappa shape index (κ2) is 5.13. The molecule has 2 rings (SSSR count). The highest BCUT2D eigenvalue weighted by Gasteiger charge is 2.13. The first kappa shape index (κ1) is 12.5. The van der Waals surface area contributed by atoms with Crippen molar-refractivity contribution in [2.75, 3.05) is 0 Å². The summed E-state index contributed by atoms with van der Waals surface area (Å²) in [5, 5.41) is 8.66. The number of imidazole rings is 1. The minimum atomic E-state index is 0.291. The predicted octanol–water partition coefficient (Wildman–Crippen LogP) is 2.43. The van der Waals surface area contributed by atoms with Gasteiger partial charge in [-0.2, -0.15) is 5.26 Å². The summed E-state index contributed by atoms with van der Waals surface area (Å²) < 4.78 is 1.94. The van der Waals surface area contributed by atoms with E-state index in [0.29, 0.717) is 18.9 Å². The van der Waals surface area contributed by atoms with Crippen molar-refractivity contribution < 1.29 is 0 Å². The molecule has 94 valence electrons. The van der Waals surface area contributed by atoms with Gasteiger partial charge in [0.25, 0.3) is 0 Å². The largest absolute Gasteiger partial charge is 0.314 e. The Hall–Kier alpha value is -1.96. The van der Waals surface area contributed by atoms with Crippen molar-refractivity contribution in [1.29, 1.82) is 5.26 Å². The Kier molecular flexibility index (Phi) is 3.56. The van der Waals surface area contributed by atoms with Crippen LogP contribution in [-0.4, -0.2) is 19.5 Å². The first-order valence-corrected chi connectivity index (χ1v) is 6.26. The van der Waals surface area contributed by atoms with Crippen LogP contribution in [0.5, 0.6) is 0 Å². The lowest BCUT2D eigenvalue weighted by molar-refractivity contribution is 0.715. The minimum Gasteiger partial charge on any atom is -0.314 e. The fourth-order valence-electron chi connectivity index (χ4n) is 1.86. The highest BCUT2D eigenvalue weighted by atomic mass is 15.1. The van der Waals surface area contributed by atoms with E-state index < -0.39 is 0 Å². The van der Waals surface area contributed by atoms with Gasteiger partial charge < -0.3 is 4.57 Å². The molecule has 0 atom stereocenters. The van der Waals surface area contributed by atoms with Gasteiger partial charge in [0, 0.05) is 12.5 Å². The van der Waals surface area contributed by atoms with E-state index in [1.165, 1.54) is 0 Å². The lowest BCUT2D eigenvalue weighted by Gasteiger charge is -2.07. The second-order valence-corrected chi connectivity index (χ2v) is 4.56. The van der Waals surface area contributed by atoms with E-state index in [4.69, 9.17) is 5.26 Å². The number of aryl methyl sites for hydroxylation is 2. The lowest BCUT2D eigenvalue weighted by Crippen LogP contribution is -2.05. The Labute approximate surface area is 107 Å². The average molecular weight is 243 g/mol. The molecule has 18 heavy (non-hydrogen) atoms. The van der Waals surface area contributed by atoms with Crippen molar-refractivity contribution in [2.24, 2.45) is 0 Å². The van der Waals surface area contributed by atoms with Crippen LogP contribution in [0, 0.1) is 11.3 Å². The molecule has 0 amide bonds. The first-order valence-electron chi connectivity index (χ1n) is 6.26. The summed E-state index contributed by atoms with van der Waals surface area (Å²) in [6.07, 6.45) is 3.06. The zero-order valence-corrected chi connectivity index (χ0v) is 11.0. The van der Waals surface area contributed by atoms with Crippen LogP contribution in [0.15, 0.2) is 6.33 Å². The Bertz CT molecular complexity index is 591. The maximum Gasteiger partial charge on any atom is 0.163 e. The van der Waals surface area contributed by atoms with Crippen LogP contribution >= 0.6 is 0 Å². The number of rotatable bonds is 4. The molecule has 0 aliphatic heterocycles. The number of hydrogen-bond donors (Lipinski definition) is 0. The van der Waals surface area contributed by atoms with Crippen LogP contribution in [0.2, 0.25) is 0 Å². The van der Waals surface area contributed by atoms with Gasteiger partial charge >= 0.3 is 0 Å². The molecule has 0 saturated carbocycles.